The molecule has 22 heavy (non-hydrogen) atoms. The first kappa shape index (κ1) is 16.9. The van der Waals surface area contributed by atoms with E-state index in [0.29, 0.717) is 21.5 Å². The summed E-state index contributed by atoms with van der Waals surface area (Å²) in [4.78, 5) is 0. The van der Waals surface area contributed by atoms with E-state index in [0.717, 1.165) is 11.8 Å². The van der Waals surface area contributed by atoms with Crippen LogP contribution in [0.1, 0.15) is 5.56 Å². The number of rotatable bonds is 5. The summed E-state index contributed by atoms with van der Waals surface area (Å²) in [7, 11) is -1.93. The molecule has 0 fully saturated rings. The summed E-state index contributed by atoms with van der Waals surface area (Å²) >= 11 is 11.9. The predicted molar refractivity (Wildman–Crippen MR) is 90.5 cm³/mol. The molecule has 2 aromatic carbocycles. The Morgan fingerprint density at radius 1 is 1.09 bits per heavy atom. The van der Waals surface area contributed by atoms with Crippen LogP contribution in [0.2, 0.25) is 10.0 Å². The Morgan fingerprint density at radius 2 is 1.82 bits per heavy atom. The highest BCUT2D eigenvalue weighted by molar-refractivity contribution is 7.92. The van der Waals surface area contributed by atoms with E-state index in [4.69, 9.17) is 27.9 Å². The predicted octanol–water partition coefficient (Wildman–Crippen LogP) is 3.97. The van der Waals surface area contributed by atoms with E-state index in [-0.39, 0.29) is 6.54 Å². The standard InChI is InChI=1S/C15H15Cl2NO3S/c1-21-13-5-3-4-12(9-13)18(22(2,19)20)10-11-6-7-14(16)15(17)8-11/h3-9H,10H2,1-2H3. The van der Waals surface area contributed by atoms with Crippen LogP contribution in [0.15, 0.2) is 42.5 Å². The van der Waals surface area contributed by atoms with E-state index in [9.17, 15) is 8.42 Å². The van der Waals surface area contributed by atoms with Crippen LogP contribution in [0.5, 0.6) is 5.75 Å². The molecule has 0 N–H and O–H groups in total. The Kier molecular flexibility index (Phi) is 5.21. The van der Waals surface area contributed by atoms with Crippen LogP contribution < -0.4 is 9.04 Å². The van der Waals surface area contributed by atoms with Crippen LogP contribution in [-0.4, -0.2) is 21.8 Å². The average molecular weight is 360 g/mol. The van der Waals surface area contributed by atoms with Crippen LogP contribution in [0, 0.1) is 0 Å². The summed E-state index contributed by atoms with van der Waals surface area (Å²) in [6, 6.07) is 11.9. The first-order valence-corrected chi connectivity index (χ1v) is 8.97. The molecule has 0 aliphatic rings. The number of methoxy groups -OCH3 is 1. The highest BCUT2D eigenvalue weighted by Crippen LogP contribution is 2.27. The van der Waals surface area contributed by atoms with E-state index >= 15 is 0 Å². The molecule has 0 heterocycles. The molecule has 0 unspecified atom stereocenters. The van der Waals surface area contributed by atoms with Gasteiger partial charge in [0.15, 0.2) is 0 Å². The Bertz CT molecular complexity index is 778. The lowest BCUT2D eigenvalue weighted by atomic mass is 10.2. The monoisotopic (exact) mass is 359 g/mol. The number of sulfonamides is 1. The van der Waals surface area contributed by atoms with Crippen molar-refractivity contribution in [1.29, 1.82) is 0 Å². The molecule has 0 atom stereocenters. The minimum Gasteiger partial charge on any atom is -0.497 e. The van der Waals surface area contributed by atoms with E-state index in [1.54, 1.807) is 42.5 Å². The van der Waals surface area contributed by atoms with Crippen LogP contribution in [0.4, 0.5) is 5.69 Å². The van der Waals surface area contributed by atoms with Gasteiger partial charge < -0.3 is 4.74 Å². The topological polar surface area (TPSA) is 46.6 Å². The molecule has 0 aromatic heterocycles. The van der Waals surface area contributed by atoms with Gasteiger partial charge in [-0.25, -0.2) is 8.42 Å². The molecule has 0 bridgehead atoms. The molecule has 2 aromatic rings. The highest BCUT2D eigenvalue weighted by Gasteiger charge is 2.18. The van der Waals surface area contributed by atoms with Crippen molar-refractivity contribution in [1.82, 2.24) is 0 Å². The first-order chi connectivity index (χ1) is 10.3. The van der Waals surface area contributed by atoms with Gasteiger partial charge in [0.1, 0.15) is 5.75 Å². The van der Waals surface area contributed by atoms with Gasteiger partial charge in [0.2, 0.25) is 10.0 Å². The van der Waals surface area contributed by atoms with Crippen molar-refractivity contribution in [3.8, 4) is 5.75 Å². The van der Waals surface area contributed by atoms with Crippen molar-refractivity contribution in [3.05, 3.63) is 58.1 Å². The molecule has 0 spiro atoms. The van der Waals surface area contributed by atoms with Crippen molar-refractivity contribution < 1.29 is 13.2 Å². The van der Waals surface area contributed by atoms with E-state index in [1.165, 1.54) is 11.4 Å². The summed E-state index contributed by atoms with van der Waals surface area (Å²) in [5.41, 5.74) is 1.26. The Balaban J connectivity index is 2.40. The van der Waals surface area contributed by atoms with E-state index in [1.807, 2.05) is 0 Å². The summed E-state index contributed by atoms with van der Waals surface area (Å²) in [5, 5.41) is 0.816. The fourth-order valence-corrected chi connectivity index (χ4v) is 3.17. The number of nitrogens with zero attached hydrogens (tertiary/aromatic N) is 1. The lowest BCUT2D eigenvalue weighted by Gasteiger charge is -2.23. The zero-order valence-corrected chi connectivity index (χ0v) is 14.4. The zero-order valence-electron chi connectivity index (χ0n) is 12.1. The van der Waals surface area contributed by atoms with Crippen molar-refractivity contribution in [2.75, 3.05) is 17.7 Å². The van der Waals surface area contributed by atoms with E-state index < -0.39 is 10.0 Å². The van der Waals surface area contributed by atoms with Crippen LogP contribution in [-0.2, 0) is 16.6 Å². The molecule has 0 amide bonds. The third-order valence-electron chi connectivity index (χ3n) is 3.05. The average Bonchev–Trinajstić information content (AvgIpc) is 2.47. The van der Waals surface area contributed by atoms with Crippen molar-refractivity contribution >= 4 is 38.9 Å². The van der Waals surface area contributed by atoms with Crippen molar-refractivity contribution in [2.24, 2.45) is 0 Å². The molecule has 2 rings (SSSR count). The third-order valence-corrected chi connectivity index (χ3v) is 4.93. The molecule has 0 saturated heterocycles. The molecule has 7 heteroatoms. The quantitative estimate of drug-likeness (QED) is 0.811. The molecule has 0 aliphatic carbocycles. The lowest BCUT2D eigenvalue weighted by molar-refractivity contribution is 0.415. The Labute approximate surface area is 140 Å². The molecule has 118 valence electrons. The second-order valence-electron chi connectivity index (χ2n) is 4.72. The summed E-state index contributed by atoms with van der Waals surface area (Å²) in [6.07, 6.45) is 1.16. The van der Waals surface area contributed by atoms with Gasteiger partial charge in [-0.3, -0.25) is 4.31 Å². The summed E-state index contributed by atoms with van der Waals surface area (Å²) in [6.45, 7) is 0.156. The highest BCUT2D eigenvalue weighted by atomic mass is 35.5. The van der Waals surface area contributed by atoms with Gasteiger partial charge in [0.05, 0.1) is 35.6 Å². The van der Waals surface area contributed by atoms with Crippen molar-refractivity contribution in [3.63, 3.8) is 0 Å². The van der Waals surface area contributed by atoms with Crippen LogP contribution in [0.25, 0.3) is 0 Å². The number of ether oxygens (including phenoxy) is 1. The van der Waals surface area contributed by atoms with Gasteiger partial charge >= 0.3 is 0 Å². The maximum atomic E-state index is 12.1. The molecular weight excluding hydrogens is 345 g/mol. The SMILES string of the molecule is COc1cccc(N(Cc2ccc(Cl)c(Cl)c2)S(C)(=O)=O)c1. The fourth-order valence-electron chi connectivity index (χ4n) is 1.97. The normalized spacial score (nSPS) is 11.3. The number of hydrogen-bond donors (Lipinski definition) is 0. The largest absolute Gasteiger partial charge is 0.497 e. The molecule has 4 nitrogen and oxygen atoms in total. The maximum absolute atomic E-state index is 12.1. The van der Waals surface area contributed by atoms with Crippen molar-refractivity contribution in [2.45, 2.75) is 6.54 Å². The smallest absolute Gasteiger partial charge is 0.232 e. The van der Waals surface area contributed by atoms with E-state index in [2.05, 4.69) is 0 Å². The zero-order chi connectivity index (χ0) is 16.3. The molecule has 0 radical (unpaired) electrons. The minimum absolute atomic E-state index is 0.156. The fraction of sp³-hybridized carbons (Fsp3) is 0.200. The number of halogens is 2. The molecule has 0 aliphatic heterocycles. The maximum Gasteiger partial charge on any atom is 0.232 e. The summed E-state index contributed by atoms with van der Waals surface area (Å²) < 4.78 is 30.7. The second-order valence-corrected chi connectivity index (χ2v) is 7.44. The summed E-state index contributed by atoms with van der Waals surface area (Å²) in [5.74, 6) is 0.584. The minimum atomic E-state index is -3.46. The van der Waals surface area contributed by atoms with Gasteiger partial charge in [0.25, 0.3) is 0 Å². The molecule has 0 saturated carbocycles. The Morgan fingerprint density at radius 3 is 2.41 bits per heavy atom. The van der Waals surface area contributed by atoms with Gasteiger partial charge in [-0.05, 0) is 29.8 Å². The number of hydrogen-bond acceptors (Lipinski definition) is 3. The lowest BCUT2D eigenvalue weighted by Crippen LogP contribution is -2.29. The number of anilines is 1. The van der Waals surface area contributed by atoms with Gasteiger partial charge in [0, 0.05) is 6.07 Å². The van der Waals surface area contributed by atoms with Gasteiger partial charge in [-0.15, -0.1) is 0 Å². The third kappa shape index (κ3) is 4.06. The van der Waals surface area contributed by atoms with Gasteiger partial charge in [-0.2, -0.15) is 0 Å². The Hall–Kier alpha value is -1.43. The van der Waals surface area contributed by atoms with Crippen LogP contribution in [0.3, 0.4) is 0 Å². The number of benzene rings is 2. The van der Waals surface area contributed by atoms with Crippen LogP contribution >= 0.6 is 23.2 Å². The second kappa shape index (κ2) is 6.77. The molecular formula is C15H15Cl2NO3S. The van der Waals surface area contributed by atoms with Gasteiger partial charge in [-0.1, -0.05) is 35.3 Å². The first-order valence-electron chi connectivity index (χ1n) is 6.37.